The Morgan fingerprint density at radius 1 is 1.06 bits per heavy atom. The maximum atomic E-state index is 13.4. The Kier molecular flexibility index (Phi) is 9.66. The number of nitrogens with one attached hydrogen (secondary N) is 1. The van der Waals surface area contributed by atoms with Crippen molar-refractivity contribution < 1.29 is 14.3 Å². The van der Waals surface area contributed by atoms with Crippen molar-refractivity contribution in [1.29, 1.82) is 0 Å². The average molecular weight is 465 g/mol. The molecule has 0 unspecified atom stereocenters. The van der Waals surface area contributed by atoms with Crippen LogP contribution in [0, 0.1) is 0 Å². The van der Waals surface area contributed by atoms with Crippen LogP contribution < -0.4 is 10.1 Å². The molecular formula is C24H30Cl2N2O3. The number of nitrogens with zero attached hydrogens (tertiary/aromatic N) is 1. The molecule has 7 heteroatoms. The van der Waals surface area contributed by atoms with E-state index < -0.39 is 6.04 Å². The zero-order valence-electron chi connectivity index (χ0n) is 18.5. The predicted octanol–water partition coefficient (Wildman–Crippen LogP) is 5.27. The van der Waals surface area contributed by atoms with E-state index in [-0.39, 0.29) is 24.3 Å². The number of ether oxygens (including phenoxy) is 1. The Morgan fingerprint density at radius 2 is 1.74 bits per heavy atom. The van der Waals surface area contributed by atoms with Gasteiger partial charge in [-0.2, -0.15) is 0 Å². The number of carbonyl (C=O) groups is 2. The molecule has 0 bridgehead atoms. The second-order valence-corrected chi connectivity index (χ2v) is 8.37. The molecule has 0 heterocycles. The van der Waals surface area contributed by atoms with Crippen LogP contribution in [-0.4, -0.2) is 35.9 Å². The molecule has 0 aromatic heterocycles. The summed E-state index contributed by atoms with van der Waals surface area (Å²) in [6.07, 6.45) is 1.40. The smallest absolute Gasteiger partial charge is 0.243 e. The van der Waals surface area contributed by atoms with Gasteiger partial charge in [-0.3, -0.25) is 9.59 Å². The molecule has 2 rings (SSSR count). The van der Waals surface area contributed by atoms with E-state index >= 15 is 0 Å². The molecule has 0 fully saturated rings. The Labute approximate surface area is 194 Å². The first kappa shape index (κ1) is 25.0. The summed E-state index contributed by atoms with van der Waals surface area (Å²) < 4.78 is 5.22. The van der Waals surface area contributed by atoms with Gasteiger partial charge in [0.25, 0.3) is 0 Å². The van der Waals surface area contributed by atoms with Crippen molar-refractivity contribution in [3.8, 4) is 5.75 Å². The zero-order chi connectivity index (χ0) is 23.0. The average Bonchev–Trinajstić information content (AvgIpc) is 2.75. The molecule has 0 aliphatic rings. The number of halogens is 2. The Balaban J connectivity index is 2.31. The maximum absolute atomic E-state index is 13.4. The Bertz CT molecular complexity index is 887. The van der Waals surface area contributed by atoms with Crippen LogP contribution in [0.5, 0.6) is 5.75 Å². The second-order valence-electron chi connectivity index (χ2n) is 7.52. The fraction of sp³-hybridized carbons (Fsp3) is 0.417. The van der Waals surface area contributed by atoms with E-state index in [1.54, 1.807) is 30.2 Å². The lowest BCUT2D eigenvalue weighted by Gasteiger charge is -2.31. The van der Waals surface area contributed by atoms with Crippen LogP contribution >= 0.6 is 23.2 Å². The van der Waals surface area contributed by atoms with Crippen molar-refractivity contribution in [2.24, 2.45) is 0 Å². The van der Waals surface area contributed by atoms with Crippen molar-refractivity contribution in [1.82, 2.24) is 10.2 Å². The third-order valence-electron chi connectivity index (χ3n) is 5.26. The first-order valence-corrected chi connectivity index (χ1v) is 11.2. The molecule has 0 aliphatic carbocycles. The molecule has 2 aromatic rings. The normalized spacial score (nSPS) is 12.7. The van der Waals surface area contributed by atoms with Crippen molar-refractivity contribution in [2.45, 2.75) is 58.7 Å². The highest BCUT2D eigenvalue weighted by molar-refractivity contribution is 6.35. The zero-order valence-corrected chi connectivity index (χ0v) is 20.0. The van der Waals surface area contributed by atoms with Gasteiger partial charge in [0.05, 0.1) is 13.5 Å². The monoisotopic (exact) mass is 464 g/mol. The predicted molar refractivity (Wildman–Crippen MR) is 126 cm³/mol. The van der Waals surface area contributed by atoms with Gasteiger partial charge in [0.2, 0.25) is 11.8 Å². The van der Waals surface area contributed by atoms with Crippen LogP contribution in [0.25, 0.3) is 0 Å². The van der Waals surface area contributed by atoms with Gasteiger partial charge in [-0.15, -0.1) is 0 Å². The molecule has 168 valence electrons. The second kappa shape index (κ2) is 12.0. The summed E-state index contributed by atoms with van der Waals surface area (Å²) in [5, 5.41) is 3.95. The van der Waals surface area contributed by atoms with Gasteiger partial charge < -0.3 is 15.0 Å². The molecule has 2 aromatic carbocycles. The Morgan fingerprint density at radius 3 is 2.29 bits per heavy atom. The Hall–Kier alpha value is -2.24. The summed E-state index contributed by atoms with van der Waals surface area (Å²) in [5.41, 5.74) is 1.58. The summed E-state index contributed by atoms with van der Waals surface area (Å²) in [4.78, 5) is 28.0. The lowest BCUT2D eigenvalue weighted by Crippen LogP contribution is -2.51. The van der Waals surface area contributed by atoms with Gasteiger partial charge in [-0.1, -0.05) is 55.2 Å². The maximum Gasteiger partial charge on any atom is 0.243 e. The van der Waals surface area contributed by atoms with Gasteiger partial charge in [-0.25, -0.2) is 0 Å². The number of hydrogen-bond donors (Lipinski definition) is 1. The van der Waals surface area contributed by atoms with E-state index in [0.717, 1.165) is 17.7 Å². The fourth-order valence-corrected chi connectivity index (χ4v) is 3.69. The van der Waals surface area contributed by atoms with Crippen LogP contribution in [0.2, 0.25) is 10.0 Å². The summed E-state index contributed by atoms with van der Waals surface area (Å²) in [5.74, 6) is 0.406. The van der Waals surface area contributed by atoms with Crippen molar-refractivity contribution in [3.05, 3.63) is 63.6 Å². The number of carbonyl (C=O) groups excluding carboxylic acids is 2. The standard InChI is InChI=1S/C24H30Cl2N2O3/c1-5-16(3)27-24(30)22(6-2)28(15-17-7-11-20(31-4)12-8-17)23(29)13-18-9-10-19(25)14-21(18)26/h7-12,14,16,22H,5-6,13,15H2,1-4H3,(H,27,30)/t16-,22+/m1/s1. The fourth-order valence-electron chi connectivity index (χ4n) is 3.22. The number of rotatable bonds is 10. The van der Waals surface area contributed by atoms with Crippen LogP contribution in [0.15, 0.2) is 42.5 Å². The van der Waals surface area contributed by atoms with Crippen LogP contribution in [-0.2, 0) is 22.6 Å². The molecule has 0 saturated carbocycles. The molecule has 2 amide bonds. The quantitative estimate of drug-likeness (QED) is 0.520. The highest BCUT2D eigenvalue weighted by Crippen LogP contribution is 2.23. The van der Waals surface area contributed by atoms with E-state index in [1.165, 1.54) is 0 Å². The van der Waals surface area contributed by atoms with E-state index in [2.05, 4.69) is 5.32 Å². The topological polar surface area (TPSA) is 58.6 Å². The van der Waals surface area contributed by atoms with Gasteiger partial charge in [-0.05, 0) is 55.2 Å². The molecule has 0 radical (unpaired) electrons. The molecule has 0 spiro atoms. The lowest BCUT2D eigenvalue weighted by atomic mass is 10.1. The summed E-state index contributed by atoms with van der Waals surface area (Å²) in [6.45, 7) is 6.17. The first-order valence-electron chi connectivity index (χ1n) is 10.5. The minimum atomic E-state index is -0.588. The molecule has 31 heavy (non-hydrogen) atoms. The molecule has 5 nitrogen and oxygen atoms in total. The number of benzene rings is 2. The molecule has 0 aliphatic heterocycles. The largest absolute Gasteiger partial charge is 0.497 e. The lowest BCUT2D eigenvalue weighted by molar-refractivity contribution is -0.141. The highest BCUT2D eigenvalue weighted by atomic mass is 35.5. The molecule has 1 N–H and O–H groups in total. The van der Waals surface area contributed by atoms with E-state index in [4.69, 9.17) is 27.9 Å². The number of methoxy groups -OCH3 is 1. The number of amides is 2. The summed E-state index contributed by atoms with van der Waals surface area (Å²) in [6, 6.07) is 12.0. The van der Waals surface area contributed by atoms with Gasteiger partial charge in [0, 0.05) is 22.6 Å². The third-order valence-corrected chi connectivity index (χ3v) is 5.84. The molecule has 0 saturated heterocycles. The molecular weight excluding hydrogens is 435 g/mol. The number of hydrogen-bond acceptors (Lipinski definition) is 3. The SMILES string of the molecule is CC[C@@H](C)NC(=O)[C@H](CC)N(Cc1ccc(OC)cc1)C(=O)Cc1ccc(Cl)cc1Cl. The van der Waals surface area contributed by atoms with Gasteiger partial charge >= 0.3 is 0 Å². The highest BCUT2D eigenvalue weighted by Gasteiger charge is 2.29. The van der Waals surface area contributed by atoms with E-state index in [1.807, 2.05) is 45.0 Å². The summed E-state index contributed by atoms with van der Waals surface area (Å²) in [7, 11) is 1.60. The van der Waals surface area contributed by atoms with Crippen molar-refractivity contribution >= 4 is 35.0 Å². The van der Waals surface area contributed by atoms with Crippen LogP contribution in [0.1, 0.15) is 44.7 Å². The third kappa shape index (κ3) is 7.15. The van der Waals surface area contributed by atoms with Gasteiger partial charge in [0.1, 0.15) is 11.8 Å². The minimum absolute atomic E-state index is 0.0326. The van der Waals surface area contributed by atoms with E-state index in [9.17, 15) is 9.59 Å². The van der Waals surface area contributed by atoms with Crippen molar-refractivity contribution in [3.63, 3.8) is 0 Å². The first-order chi connectivity index (χ1) is 14.8. The van der Waals surface area contributed by atoms with Crippen LogP contribution in [0.3, 0.4) is 0 Å². The van der Waals surface area contributed by atoms with Crippen LogP contribution in [0.4, 0.5) is 0 Å². The van der Waals surface area contributed by atoms with E-state index in [0.29, 0.717) is 28.6 Å². The minimum Gasteiger partial charge on any atom is -0.497 e. The molecule has 2 atom stereocenters. The van der Waals surface area contributed by atoms with Crippen molar-refractivity contribution in [2.75, 3.05) is 7.11 Å². The van der Waals surface area contributed by atoms with Gasteiger partial charge in [0.15, 0.2) is 0 Å². The summed E-state index contributed by atoms with van der Waals surface area (Å²) >= 11 is 12.3.